The number of esters is 1. The van der Waals surface area contributed by atoms with Crippen molar-refractivity contribution >= 4 is 16.7 Å². The van der Waals surface area contributed by atoms with Crippen LogP contribution in [0.5, 0.6) is 5.75 Å². The highest BCUT2D eigenvalue weighted by atomic mass is 16.5. The number of hydrogen-bond acceptors (Lipinski definition) is 3. The van der Waals surface area contributed by atoms with Gasteiger partial charge in [0.25, 0.3) is 0 Å². The van der Waals surface area contributed by atoms with E-state index < -0.39 is 0 Å². The number of ether oxygens (including phenoxy) is 2. The minimum atomic E-state index is -0.336. The van der Waals surface area contributed by atoms with Gasteiger partial charge < -0.3 is 9.47 Å². The third-order valence-corrected chi connectivity index (χ3v) is 3.95. The Bertz CT molecular complexity index is 882. The molecule has 0 N–H and O–H groups in total. The van der Waals surface area contributed by atoms with E-state index in [9.17, 15) is 4.79 Å². The molecule has 0 spiro atoms. The van der Waals surface area contributed by atoms with Crippen molar-refractivity contribution in [3.63, 3.8) is 0 Å². The van der Waals surface area contributed by atoms with Crippen LogP contribution in [0.2, 0.25) is 0 Å². The Morgan fingerprint density at radius 2 is 1.64 bits per heavy atom. The van der Waals surface area contributed by atoms with Crippen LogP contribution in [0.25, 0.3) is 21.9 Å². The Hall–Kier alpha value is -2.81. The number of aryl methyl sites for hydroxylation is 1. The summed E-state index contributed by atoms with van der Waals surface area (Å²) in [5.41, 5.74) is 3.72. The van der Waals surface area contributed by atoms with Gasteiger partial charge in [0.15, 0.2) is 0 Å². The summed E-state index contributed by atoms with van der Waals surface area (Å²) in [5, 5.41) is 2.07. The van der Waals surface area contributed by atoms with Gasteiger partial charge in [-0.15, -0.1) is 0 Å². The van der Waals surface area contributed by atoms with Gasteiger partial charge >= 0.3 is 5.97 Å². The van der Waals surface area contributed by atoms with E-state index in [1.807, 2.05) is 63.2 Å². The standard InChI is InChI=1S/C20H18O3.C2H6/c1-13-7-10-17(19(11-13)22-2)16-6-4-5-14-8-9-15(12-18(14)16)20(21)23-3;1-2/h4-12H,1-3H3;1-2H3. The fourth-order valence-corrected chi connectivity index (χ4v) is 2.77. The first kappa shape index (κ1) is 18.5. The van der Waals surface area contributed by atoms with Gasteiger partial charge in [-0.3, -0.25) is 0 Å². The van der Waals surface area contributed by atoms with Crippen LogP contribution in [0.15, 0.2) is 54.6 Å². The molecule has 0 atom stereocenters. The van der Waals surface area contributed by atoms with Gasteiger partial charge in [0.05, 0.1) is 19.8 Å². The van der Waals surface area contributed by atoms with Gasteiger partial charge in [-0.2, -0.15) is 0 Å². The van der Waals surface area contributed by atoms with E-state index in [1.165, 1.54) is 7.11 Å². The lowest BCUT2D eigenvalue weighted by molar-refractivity contribution is 0.0601. The minimum Gasteiger partial charge on any atom is -0.496 e. The largest absolute Gasteiger partial charge is 0.496 e. The molecule has 0 aromatic heterocycles. The average molecular weight is 336 g/mol. The van der Waals surface area contributed by atoms with Crippen LogP contribution in [-0.4, -0.2) is 20.2 Å². The zero-order valence-corrected chi connectivity index (χ0v) is 15.4. The van der Waals surface area contributed by atoms with Crippen LogP contribution in [0.1, 0.15) is 29.8 Å². The topological polar surface area (TPSA) is 35.5 Å². The lowest BCUT2D eigenvalue weighted by Gasteiger charge is -2.13. The number of methoxy groups -OCH3 is 2. The molecule has 0 aliphatic heterocycles. The molecule has 0 aliphatic rings. The van der Waals surface area contributed by atoms with E-state index in [2.05, 4.69) is 6.07 Å². The SMILES string of the molecule is CC.COC(=O)c1ccc2cccc(-c3ccc(C)cc3OC)c2c1. The normalized spacial score (nSPS) is 9.96. The van der Waals surface area contributed by atoms with Crippen molar-refractivity contribution < 1.29 is 14.3 Å². The highest BCUT2D eigenvalue weighted by Gasteiger charge is 2.12. The first-order valence-corrected chi connectivity index (χ1v) is 8.40. The number of rotatable bonds is 3. The van der Waals surface area contributed by atoms with E-state index in [4.69, 9.17) is 9.47 Å². The Morgan fingerprint density at radius 3 is 2.32 bits per heavy atom. The third-order valence-electron chi connectivity index (χ3n) is 3.95. The zero-order valence-electron chi connectivity index (χ0n) is 15.4. The number of fused-ring (bicyclic) bond motifs is 1. The summed E-state index contributed by atoms with van der Waals surface area (Å²) in [6, 6.07) is 17.8. The summed E-state index contributed by atoms with van der Waals surface area (Å²) < 4.78 is 10.4. The molecule has 3 nitrogen and oxygen atoms in total. The first-order chi connectivity index (χ1) is 12.1. The van der Waals surface area contributed by atoms with Crippen molar-refractivity contribution in [1.29, 1.82) is 0 Å². The summed E-state index contributed by atoms with van der Waals surface area (Å²) >= 11 is 0. The number of carbonyl (C=O) groups is 1. The highest BCUT2D eigenvalue weighted by molar-refractivity contribution is 6.02. The zero-order chi connectivity index (χ0) is 18.4. The molecule has 3 rings (SSSR count). The maximum Gasteiger partial charge on any atom is 0.337 e. The summed E-state index contributed by atoms with van der Waals surface area (Å²) in [4.78, 5) is 11.8. The van der Waals surface area contributed by atoms with Gasteiger partial charge in [-0.1, -0.05) is 50.2 Å². The molecule has 0 heterocycles. The van der Waals surface area contributed by atoms with E-state index in [0.29, 0.717) is 5.56 Å². The maximum atomic E-state index is 11.8. The van der Waals surface area contributed by atoms with Crippen molar-refractivity contribution in [1.82, 2.24) is 0 Å². The van der Waals surface area contributed by atoms with E-state index in [1.54, 1.807) is 13.2 Å². The number of benzene rings is 3. The van der Waals surface area contributed by atoms with Crippen LogP contribution in [0.3, 0.4) is 0 Å². The third kappa shape index (κ3) is 3.82. The molecule has 130 valence electrons. The highest BCUT2D eigenvalue weighted by Crippen LogP contribution is 2.36. The molecule has 0 amide bonds. The predicted octanol–water partition coefficient (Wildman–Crippen LogP) is 5.64. The Balaban J connectivity index is 0.00000109. The Kier molecular flexibility index (Phi) is 6.18. The quantitative estimate of drug-likeness (QED) is 0.581. The van der Waals surface area contributed by atoms with E-state index >= 15 is 0 Å². The van der Waals surface area contributed by atoms with Crippen molar-refractivity contribution in [3.05, 3.63) is 65.7 Å². The molecule has 3 heteroatoms. The summed E-state index contributed by atoms with van der Waals surface area (Å²) in [6.45, 7) is 6.03. The second-order valence-electron chi connectivity index (χ2n) is 5.44. The van der Waals surface area contributed by atoms with Crippen LogP contribution in [0, 0.1) is 6.92 Å². The van der Waals surface area contributed by atoms with Gasteiger partial charge in [0.1, 0.15) is 5.75 Å². The van der Waals surface area contributed by atoms with Crippen LogP contribution in [-0.2, 0) is 4.74 Å². The second-order valence-corrected chi connectivity index (χ2v) is 5.44. The van der Waals surface area contributed by atoms with Gasteiger partial charge in [0, 0.05) is 5.56 Å². The molecule has 0 fully saturated rings. The molecule has 0 radical (unpaired) electrons. The molecule has 3 aromatic rings. The molecule has 0 aliphatic carbocycles. The Morgan fingerprint density at radius 1 is 0.880 bits per heavy atom. The molecule has 3 aromatic carbocycles. The fraction of sp³-hybridized carbons (Fsp3) is 0.227. The predicted molar refractivity (Wildman–Crippen MR) is 103 cm³/mol. The summed E-state index contributed by atoms with van der Waals surface area (Å²) in [7, 11) is 3.06. The van der Waals surface area contributed by atoms with E-state index in [-0.39, 0.29) is 5.97 Å². The van der Waals surface area contributed by atoms with Crippen LogP contribution >= 0.6 is 0 Å². The van der Waals surface area contributed by atoms with Crippen molar-refractivity contribution in [2.24, 2.45) is 0 Å². The maximum absolute atomic E-state index is 11.8. The summed E-state index contributed by atoms with van der Waals surface area (Å²) in [6.07, 6.45) is 0. The lowest BCUT2D eigenvalue weighted by Crippen LogP contribution is -2.00. The molecule has 25 heavy (non-hydrogen) atoms. The molecule has 0 unspecified atom stereocenters. The van der Waals surface area contributed by atoms with Crippen LogP contribution in [0.4, 0.5) is 0 Å². The molecule has 0 saturated carbocycles. The molecule has 0 saturated heterocycles. The summed E-state index contributed by atoms with van der Waals surface area (Å²) in [5.74, 6) is 0.485. The fourth-order valence-electron chi connectivity index (χ4n) is 2.77. The van der Waals surface area contributed by atoms with Crippen LogP contribution < -0.4 is 4.74 Å². The van der Waals surface area contributed by atoms with Gasteiger partial charge in [-0.05, 0) is 47.0 Å². The second kappa shape index (κ2) is 8.34. The van der Waals surface area contributed by atoms with Crippen molar-refractivity contribution in [2.45, 2.75) is 20.8 Å². The van der Waals surface area contributed by atoms with Gasteiger partial charge in [0.2, 0.25) is 0 Å². The van der Waals surface area contributed by atoms with Crippen molar-refractivity contribution in [2.75, 3.05) is 14.2 Å². The monoisotopic (exact) mass is 336 g/mol. The molecular formula is C22H24O3. The number of carbonyl (C=O) groups excluding carboxylic acids is 1. The minimum absolute atomic E-state index is 0.336. The molecule has 0 bridgehead atoms. The molecular weight excluding hydrogens is 312 g/mol. The lowest BCUT2D eigenvalue weighted by atomic mass is 9.95. The first-order valence-electron chi connectivity index (χ1n) is 8.40. The average Bonchev–Trinajstić information content (AvgIpc) is 2.68. The Labute approximate surface area is 149 Å². The smallest absolute Gasteiger partial charge is 0.337 e. The van der Waals surface area contributed by atoms with Crippen molar-refractivity contribution in [3.8, 4) is 16.9 Å². The van der Waals surface area contributed by atoms with E-state index in [0.717, 1.165) is 33.2 Å². The number of hydrogen-bond donors (Lipinski definition) is 0. The van der Waals surface area contributed by atoms with Gasteiger partial charge in [-0.25, -0.2) is 4.79 Å².